The Morgan fingerprint density at radius 3 is 2.47 bits per heavy atom. The molecule has 0 saturated carbocycles. The van der Waals surface area contributed by atoms with Gasteiger partial charge in [-0.1, -0.05) is 22.0 Å². The number of amides is 1. The van der Waals surface area contributed by atoms with Crippen LogP contribution in [0.15, 0.2) is 18.2 Å². The molecule has 1 aromatic rings. The zero-order valence-corrected chi connectivity index (χ0v) is 9.98. The van der Waals surface area contributed by atoms with Gasteiger partial charge in [-0.2, -0.15) is 13.2 Å². The third-order valence-corrected chi connectivity index (χ3v) is 2.83. The molecule has 1 unspecified atom stereocenters. The lowest BCUT2D eigenvalue weighted by molar-refractivity contribution is -0.140. The summed E-state index contributed by atoms with van der Waals surface area (Å²) < 4.78 is 50.1. The first-order valence-corrected chi connectivity index (χ1v) is 5.42. The van der Waals surface area contributed by atoms with Crippen molar-refractivity contribution >= 4 is 21.8 Å². The van der Waals surface area contributed by atoms with Gasteiger partial charge in [0.1, 0.15) is 5.82 Å². The van der Waals surface area contributed by atoms with Crippen molar-refractivity contribution in [3.05, 3.63) is 35.1 Å². The van der Waals surface area contributed by atoms with Crippen LogP contribution in [0, 0.1) is 5.82 Å². The Bertz CT molecular complexity index is 433. The first-order chi connectivity index (χ1) is 7.71. The molecular formula is C10H8BrF4NO. The highest BCUT2D eigenvalue weighted by Gasteiger charge is 2.34. The quantitative estimate of drug-likeness (QED) is 0.676. The van der Waals surface area contributed by atoms with Gasteiger partial charge in [0.2, 0.25) is 5.91 Å². The summed E-state index contributed by atoms with van der Waals surface area (Å²) >= 11 is 2.92. The Kier molecular flexibility index (Phi) is 4.13. The molecule has 0 radical (unpaired) electrons. The van der Waals surface area contributed by atoms with E-state index in [-0.39, 0.29) is 12.0 Å². The Morgan fingerprint density at radius 2 is 2.00 bits per heavy atom. The van der Waals surface area contributed by atoms with Crippen molar-refractivity contribution < 1.29 is 22.4 Å². The summed E-state index contributed by atoms with van der Waals surface area (Å²) in [6.45, 7) is 0. The van der Waals surface area contributed by atoms with Crippen LogP contribution in [-0.4, -0.2) is 10.7 Å². The molecule has 0 heterocycles. The van der Waals surface area contributed by atoms with Gasteiger partial charge in [0.15, 0.2) is 0 Å². The van der Waals surface area contributed by atoms with Crippen LogP contribution in [0.25, 0.3) is 0 Å². The average Bonchev–Trinajstić information content (AvgIpc) is 2.19. The van der Waals surface area contributed by atoms with Crippen LogP contribution in [0.2, 0.25) is 0 Å². The lowest BCUT2D eigenvalue weighted by atomic mass is 10.1. The summed E-state index contributed by atoms with van der Waals surface area (Å²) in [6, 6.07) is 2.58. The molecule has 0 aromatic heterocycles. The van der Waals surface area contributed by atoms with Crippen LogP contribution in [-0.2, 0) is 17.4 Å². The monoisotopic (exact) mass is 313 g/mol. The first-order valence-electron chi connectivity index (χ1n) is 4.51. The number of primary amides is 1. The van der Waals surface area contributed by atoms with E-state index in [4.69, 9.17) is 5.73 Å². The summed E-state index contributed by atoms with van der Waals surface area (Å²) in [6.07, 6.45) is -4.78. The van der Waals surface area contributed by atoms with E-state index in [0.29, 0.717) is 6.07 Å². The van der Waals surface area contributed by atoms with Crippen LogP contribution < -0.4 is 5.73 Å². The number of carbonyl (C=O) groups is 1. The van der Waals surface area contributed by atoms with Crippen LogP contribution in [0.3, 0.4) is 0 Å². The molecule has 0 fully saturated rings. The second-order valence-electron chi connectivity index (χ2n) is 3.39. The number of carbonyl (C=O) groups excluding carboxylic acids is 1. The second-order valence-corrected chi connectivity index (χ2v) is 4.49. The Labute approximate surface area is 103 Å². The minimum Gasteiger partial charge on any atom is -0.369 e. The summed E-state index contributed by atoms with van der Waals surface area (Å²) in [4.78, 5) is 9.95. The zero-order valence-electron chi connectivity index (χ0n) is 8.39. The van der Waals surface area contributed by atoms with E-state index < -0.39 is 28.3 Å². The van der Waals surface area contributed by atoms with E-state index in [1.165, 1.54) is 6.07 Å². The predicted octanol–water partition coefficient (Wildman–Crippen LogP) is 2.64. The Hall–Kier alpha value is -1.11. The minimum atomic E-state index is -4.76. The molecule has 94 valence electrons. The largest absolute Gasteiger partial charge is 0.419 e. The van der Waals surface area contributed by atoms with E-state index >= 15 is 0 Å². The zero-order chi connectivity index (χ0) is 13.2. The van der Waals surface area contributed by atoms with Crippen molar-refractivity contribution in [1.82, 2.24) is 0 Å². The van der Waals surface area contributed by atoms with Gasteiger partial charge in [-0.25, -0.2) is 4.39 Å². The Balaban J connectivity index is 3.01. The highest BCUT2D eigenvalue weighted by atomic mass is 79.9. The molecule has 1 aromatic carbocycles. The summed E-state index contributed by atoms with van der Waals surface area (Å²) in [5, 5.41) is 0. The highest BCUT2D eigenvalue weighted by Crippen LogP contribution is 2.32. The summed E-state index contributed by atoms with van der Waals surface area (Å²) in [5.41, 5.74) is 3.79. The molecule has 0 aliphatic heterocycles. The van der Waals surface area contributed by atoms with Crippen LogP contribution in [0.1, 0.15) is 11.1 Å². The third kappa shape index (κ3) is 3.69. The van der Waals surface area contributed by atoms with E-state index in [2.05, 4.69) is 15.9 Å². The molecule has 17 heavy (non-hydrogen) atoms. The van der Waals surface area contributed by atoms with Crippen molar-refractivity contribution in [3.8, 4) is 0 Å². The van der Waals surface area contributed by atoms with Gasteiger partial charge in [0.25, 0.3) is 0 Å². The van der Waals surface area contributed by atoms with Crippen molar-refractivity contribution in [3.63, 3.8) is 0 Å². The molecule has 2 N–H and O–H groups in total. The van der Waals surface area contributed by atoms with Gasteiger partial charge in [-0.3, -0.25) is 4.79 Å². The topological polar surface area (TPSA) is 43.1 Å². The molecule has 2 nitrogen and oxygen atoms in total. The minimum absolute atomic E-state index is 0.0291. The number of hydrogen-bond donors (Lipinski definition) is 1. The van der Waals surface area contributed by atoms with E-state index in [1.54, 1.807) is 0 Å². The molecule has 0 spiro atoms. The maximum atomic E-state index is 12.9. The van der Waals surface area contributed by atoms with Crippen molar-refractivity contribution in [2.45, 2.75) is 17.4 Å². The molecule has 0 aliphatic carbocycles. The number of benzene rings is 1. The molecule has 1 atom stereocenters. The summed E-state index contributed by atoms with van der Waals surface area (Å²) in [7, 11) is 0. The number of halogens is 5. The molecule has 1 amide bonds. The lowest BCUT2D eigenvalue weighted by Crippen LogP contribution is -2.25. The van der Waals surface area contributed by atoms with Gasteiger partial charge in [0, 0.05) is 0 Å². The number of rotatable bonds is 3. The maximum absolute atomic E-state index is 12.9. The fraction of sp³-hybridized carbons (Fsp3) is 0.300. The van der Waals surface area contributed by atoms with Crippen LogP contribution in [0.5, 0.6) is 0 Å². The Morgan fingerprint density at radius 1 is 1.41 bits per heavy atom. The number of nitrogens with two attached hydrogens (primary N) is 1. The standard InChI is InChI=1S/C10H8BrF4NO/c11-7(9(16)17)4-5-1-2-8(12)6(3-5)10(13,14)15/h1-3,7H,4H2,(H2,16,17). The SMILES string of the molecule is NC(=O)C(Br)Cc1ccc(F)c(C(F)(F)F)c1. The molecule has 0 bridgehead atoms. The fourth-order valence-electron chi connectivity index (χ4n) is 1.22. The van der Waals surface area contributed by atoms with Gasteiger partial charge in [0.05, 0.1) is 10.4 Å². The average molecular weight is 314 g/mol. The van der Waals surface area contributed by atoms with Crippen molar-refractivity contribution in [1.29, 1.82) is 0 Å². The van der Waals surface area contributed by atoms with E-state index in [9.17, 15) is 22.4 Å². The highest BCUT2D eigenvalue weighted by molar-refractivity contribution is 9.10. The smallest absolute Gasteiger partial charge is 0.369 e. The number of alkyl halides is 4. The van der Waals surface area contributed by atoms with Gasteiger partial charge in [-0.15, -0.1) is 0 Å². The summed E-state index contributed by atoms with van der Waals surface area (Å²) in [5.74, 6) is -2.03. The van der Waals surface area contributed by atoms with Crippen LogP contribution >= 0.6 is 15.9 Å². The molecule has 1 rings (SSSR count). The van der Waals surface area contributed by atoms with Gasteiger partial charge < -0.3 is 5.73 Å². The fourth-order valence-corrected chi connectivity index (χ4v) is 1.60. The van der Waals surface area contributed by atoms with Crippen molar-refractivity contribution in [2.75, 3.05) is 0 Å². The second kappa shape index (κ2) is 5.03. The molecular weight excluding hydrogens is 306 g/mol. The predicted molar refractivity (Wildman–Crippen MR) is 57.0 cm³/mol. The molecule has 0 saturated heterocycles. The third-order valence-electron chi connectivity index (χ3n) is 2.06. The first kappa shape index (κ1) is 14.0. The molecule has 0 aliphatic rings. The lowest BCUT2D eigenvalue weighted by Gasteiger charge is -2.11. The molecule has 7 heteroatoms. The van der Waals surface area contributed by atoms with Gasteiger partial charge >= 0.3 is 6.18 Å². The van der Waals surface area contributed by atoms with E-state index in [0.717, 1.165) is 6.07 Å². The normalized spacial score (nSPS) is 13.5. The number of hydrogen-bond acceptors (Lipinski definition) is 1. The van der Waals surface area contributed by atoms with Crippen LogP contribution in [0.4, 0.5) is 17.6 Å². The van der Waals surface area contributed by atoms with Crippen molar-refractivity contribution in [2.24, 2.45) is 5.73 Å². The maximum Gasteiger partial charge on any atom is 0.419 e. The van der Waals surface area contributed by atoms with Gasteiger partial charge in [-0.05, 0) is 24.1 Å². The van der Waals surface area contributed by atoms with E-state index in [1.807, 2.05) is 0 Å².